The van der Waals surface area contributed by atoms with Crippen LogP contribution in [0.15, 0.2) is 70.7 Å². The molecule has 0 saturated carbocycles. The third kappa shape index (κ3) is 5.35. The Hall–Kier alpha value is -2.13. The number of hydrogen-bond donors (Lipinski definition) is 3. The molecule has 5 rings (SSSR count). The van der Waals surface area contributed by atoms with Crippen LogP contribution in [-0.4, -0.2) is 20.7 Å². The van der Waals surface area contributed by atoms with E-state index in [9.17, 15) is 8.42 Å². The summed E-state index contributed by atoms with van der Waals surface area (Å²) in [5.41, 5.74) is 7.48. The van der Waals surface area contributed by atoms with Crippen LogP contribution in [0, 0.1) is 0 Å². The molecule has 0 radical (unpaired) electrons. The molecule has 35 heavy (non-hydrogen) atoms. The van der Waals surface area contributed by atoms with Crippen LogP contribution in [0.3, 0.4) is 0 Å². The second-order valence-electron chi connectivity index (χ2n) is 8.62. The van der Waals surface area contributed by atoms with E-state index < -0.39 is 16.1 Å². The van der Waals surface area contributed by atoms with Crippen molar-refractivity contribution in [1.29, 1.82) is 0 Å². The first-order valence-corrected chi connectivity index (χ1v) is 13.8. The van der Waals surface area contributed by atoms with Gasteiger partial charge >= 0.3 is 0 Å². The van der Waals surface area contributed by atoms with Gasteiger partial charge in [0, 0.05) is 28.0 Å². The minimum absolute atomic E-state index is 0.116. The van der Waals surface area contributed by atoms with E-state index in [0.717, 1.165) is 29.7 Å². The van der Waals surface area contributed by atoms with Crippen LogP contribution >= 0.6 is 34.8 Å². The van der Waals surface area contributed by atoms with E-state index in [1.54, 1.807) is 30.3 Å². The molecule has 0 saturated heterocycles. The molecule has 2 heterocycles. The highest BCUT2D eigenvalue weighted by Gasteiger charge is 2.32. The number of sulfonamides is 1. The lowest BCUT2D eigenvalue weighted by Gasteiger charge is -2.22. The number of halogens is 3. The molecule has 0 aliphatic carbocycles. The van der Waals surface area contributed by atoms with Crippen LogP contribution < -0.4 is 15.5 Å². The van der Waals surface area contributed by atoms with Gasteiger partial charge in [0.05, 0.1) is 22.7 Å². The molecule has 182 valence electrons. The summed E-state index contributed by atoms with van der Waals surface area (Å²) in [6.07, 6.45) is 1.36. The fourth-order valence-corrected chi connectivity index (χ4v) is 6.32. The fraction of sp³-hybridized carbons (Fsp3) is 0.240. The summed E-state index contributed by atoms with van der Waals surface area (Å²) in [4.78, 5) is 0.204. The SMILES string of the molecule is O=S(=O)(NC(C1=NNC(c2ccc(Cl)cc2)C1)c1ccc(Cl)cc1Cl)c1ccc2c(c1)CNCC2. The minimum Gasteiger partial charge on any atom is -0.312 e. The van der Waals surface area contributed by atoms with Crippen LogP contribution in [0.25, 0.3) is 0 Å². The summed E-state index contributed by atoms with van der Waals surface area (Å²) < 4.78 is 29.9. The Morgan fingerprint density at radius 3 is 2.49 bits per heavy atom. The first kappa shape index (κ1) is 24.6. The van der Waals surface area contributed by atoms with Crippen molar-refractivity contribution in [2.75, 3.05) is 6.54 Å². The summed E-state index contributed by atoms with van der Waals surface area (Å²) >= 11 is 18.7. The van der Waals surface area contributed by atoms with Gasteiger partial charge in [-0.2, -0.15) is 9.82 Å². The third-order valence-corrected chi connectivity index (χ3v) is 8.54. The number of nitrogens with one attached hydrogen (secondary N) is 3. The molecule has 0 amide bonds. The van der Waals surface area contributed by atoms with Gasteiger partial charge in [0.25, 0.3) is 0 Å². The zero-order valence-corrected chi connectivity index (χ0v) is 21.6. The summed E-state index contributed by atoms with van der Waals surface area (Å²) in [7, 11) is -3.89. The van der Waals surface area contributed by atoms with Crippen LogP contribution in [0.2, 0.25) is 15.1 Å². The molecular weight excluding hydrogens is 527 g/mol. The Morgan fingerprint density at radius 1 is 0.943 bits per heavy atom. The average Bonchev–Trinajstić information content (AvgIpc) is 3.33. The van der Waals surface area contributed by atoms with Crippen molar-refractivity contribution in [3.63, 3.8) is 0 Å². The number of benzene rings is 3. The van der Waals surface area contributed by atoms with E-state index in [4.69, 9.17) is 34.8 Å². The highest BCUT2D eigenvalue weighted by Crippen LogP contribution is 2.34. The van der Waals surface area contributed by atoms with E-state index >= 15 is 0 Å². The summed E-state index contributed by atoms with van der Waals surface area (Å²) in [6.45, 7) is 1.53. The smallest absolute Gasteiger partial charge is 0.241 e. The fourth-order valence-electron chi connectivity index (χ4n) is 4.42. The van der Waals surface area contributed by atoms with E-state index in [0.29, 0.717) is 39.3 Å². The van der Waals surface area contributed by atoms with Gasteiger partial charge in [-0.05, 0) is 71.6 Å². The monoisotopic (exact) mass is 548 g/mol. The zero-order chi connectivity index (χ0) is 24.6. The van der Waals surface area contributed by atoms with Crippen LogP contribution in [0.1, 0.15) is 40.8 Å². The average molecular weight is 550 g/mol. The topological polar surface area (TPSA) is 82.6 Å². The summed E-state index contributed by atoms with van der Waals surface area (Å²) in [5.74, 6) is 0. The van der Waals surface area contributed by atoms with Crippen molar-refractivity contribution in [2.45, 2.75) is 36.4 Å². The molecule has 2 atom stereocenters. The van der Waals surface area contributed by atoms with Crippen molar-refractivity contribution in [1.82, 2.24) is 15.5 Å². The molecule has 2 unspecified atom stereocenters. The second-order valence-corrected chi connectivity index (χ2v) is 11.6. The van der Waals surface area contributed by atoms with Crippen LogP contribution in [0.4, 0.5) is 0 Å². The maximum absolute atomic E-state index is 13.5. The van der Waals surface area contributed by atoms with Gasteiger partial charge in [-0.25, -0.2) is 8.42 Å². The Labute approximate surface area is 219 Å². The first-order chi connectivity index (χ1) is 16.8. The Bertz CT molecular complexity index is 1390. The maximum atomic E-state index is 13.5. The molecule has 3 N–H and O–H groups in total. The molecule has 0 fully saturated rings. The van der Waals surface area contributed by atoms with E-state index in [1.165, 1.54) is 0 Å². The van der Waals surface area contributed by atoms with Gasteiger partial charge < -0.3 is 10.7 Å². The van der Waals surface area contributed by atoms with Gasteiger partial charge in [-0.1, -0.05) is 59.1 Å². The standard InChI is InChI=1S/C25H23Cl3N4O2S/c26-18-4-1-16(2-5-18)23-13-24(31-30-23)25(21-8-6-19(27)12-22(21)28)32-35(33,34)20-7-3-15-9-10-29-14-17(15)11-20/h1-8,11-12,23,25,29-30,32H,9-10,13-14H2. The lowest BCUT2D eigenvalue weighted by Crippen LogP contribution is -2.34. The molecule has 0 bridgehead atoms. The van der Waals surface area contributed by atoms with Crippen molar-refractivity contribution in [2.24, 2.45) is 5.10 Å². The maximum Gasteiger partial charge on any atom is 0.241 e. The predicted molar refractivity (Wildman–Crippen MR) is 141 cm³/mol. The minimum atomic E-state index is -3.89. The predicted octanol–water partition coefficient (Wildman–Crippen LogP) is 5.40. The van der Waals surface area contributed by atoms with Gasteiger partial charge in [0.2, 0.25) is 10.0 Å². The highest BCUT2D eigenvalue weighted by atomic mass is 35.5. The lowest BCUT2D eigenvalue weighted by atomic mass is 9.96. The molecule has 3 aromatic rings. The van der Waals surface area contributed by atoms with Gasteiger partial charge in [-0.3, -0.25) is 0 Å². The molecule has 6 nitrogen and oxygen atoms in total. The van der Waals surface area contributed by atoms with Crippen molar-refractivity contribution in [3.8, 4) is 0 Å². The Kier molecular flexibility index (Phi) is 7.08. The third-order valence-electron chi connectivity index (χ3n) is 6.30. The number of hydrogen-bond acceptors (Lipinski definition) is 5. The molecule has 2 aliphatic heterocycles. The number of nitrogens with zero attached hydrogens (tertiary/aromatic N) is 1. The van der Waals surface area contributed by atoms with Crippen molar-refractivity contribution >= 4 is 50.5 Å². The summed E-state index contributed by atoms with van der Waals surface area (Å²) in [5, 5.41) is 9.27. The Balaban J connectivity index is 1.47. The number of hydrazone groups is 1. The second kappa shape index (κ2) is 10.1. The van der Waals surface area contributed by atoms with E-state index in [1.807, 2.05) is 30.3 Å². The molecule has 10 heteroatoms. The lowest BCUT2D eigenvalue weighted by molar-refractivity contribution is 0.575. The first-order valence-electron chi connectivity index (χ1n) is 11.2. The van der Waals surface area contributed by atoms with Crippen LogP contribution in [-0.2, 0) is 23.0 Å². The molecular formula is C25H23Cl3N4O2S. The van der Waals surface area contributed by atoms with Crippen molar-refractivity contribution < 1.29 is 8.42 Å². The number of rotatable bonds is 6. The van der Waals surface area contributed by atoms with Crippen molar-refractivity contribution in [3.05, 3.63) is 98.0 Å². The van der Waals surface area contributed by atoms with Gasteiger partial charge in [-0.15, -0.1) is 0 Å². The normalized spacial score (nSPS) is 18.5. The largest absolute Gasteiger partial charge is 0.312 e. The zero-order valence-electron chi connectivity index (χ0n) is 18.6. The van der Waals surface area contributed by atoms with E-state index in [2.05, 4.69) is 20.6 Å². The molecule has 0 aromatic heterocycles. The highest BCUT2D eigenvalue weighted by molar-refractivity contribution is 7.89. The summed E-state index contributed by atoms with van der Waals surface area (Å²) in [6, 6.07) is 16.9. The van der Waals surface area contributed by atoms with E-state index in [-0.39, 0.29) is 10.9 Å². The Morgan fingerprint density at radius 2 is 1.71 bits per heavy atom. The molecule has 0 spiro atoms. The van der Waals surface area contributed by atoms with Gasteiger partial charge in [0.1, 0.15) is 0 Å². The number of fused-ring (bicyclic) bond motifs is 1. The molecule has 3 aromatic carbocycles. The van der Waals surface area contributed by atoms with Gasteiger partial charge in [0.15, 0.2) is 0 Å². The van der Waals surface area contributed by atoms with Crippen LogP contribution in [0.5, 0.6) is 0 Å². The quantitative estimate of drug-likeness (QED) is 0.384. The molecule has 2 aliphatic rings.